The first kappa shape index (κ1) is 13.2. The second-order valence-electron chi connectivity index (χ2n) is 4.86. The van der Waals surface area contributed by atoms with Gasteiger partial charge < -0.3 is 5.11 Å². The van der Waals surface area contributed by atoms with Crippen molar-refractivity contribution in [2.24, 2.45) is 0 Å². The van der Waals surface area contributed by atoms with Crippen molar-refractivity contribution in [1.82, 2.24) is 0 Å². The van der Waals surface area contributed by atoms with E-state index in [1.54, 1.807) is 11.3 Å². The summed E-state index contributed by atoms with van der Waals surface area (Å²) in [5.41, 5.74) is 2.82. The quantitative estimate of drug-likeness (QED) is 0.901. The molecule has 2 aromatic rings. The number of aryl methyl sites for hydroxylation is 2. The van der Waals surface area contributed by atoms with Crippen molar-refractivity contribution in [3.63, 3.8) is 0 Å². The summed E-state index contributed by atoms with van der Waals surface area (Å²) in [7, 11) is 0. The van der Waals surface area contributed by atoms with Crippen LogP contribution >= 0.6 is 23.1 Å². The first-order valence-corrected chi connectivity index (χ1v) is 8.25. The van der Waals surface area contributed by atoms with Crippen LogP contribution in [0.5, 0.6) is 0 Å². The maximum atomic E-state index is 13.4. The lowest BCUT2D eigenvalue weighted by atomic mass is 10.0. The fourth-order valence-corrected chi connectivity index (χ4v) is 4.78. The average Bonchev–Trinajstić information content (AvgIpc) is 2.80. The SMILES string of the molecule is Cc1cc(F)cc(C(O)c2cc3c(s2)CCSC3)c1. The van der Waals surface area contributed by atoms with Crippen LogP contribution in [0.1, 0.15) is 32.5 Å². The Morgan fingerprint density at radius 3 is 2.84 bits per heavy atom. The first-order chi connectivity index (χ1) is 9.13. The molecule has 2 heterocycles. The highest BCUT2D eigenvalue weighted by Gasteiger charge is 2.19. The highest BCUT2D eigenvalue weighted by molar-refractivity contribution is 7.98. The Labute approximate surface area is 120 Å². The fourth-order valence-electron chi connectivity index (χ4n) is 2.39. The van der Waals surface area contributed by atoms with Gasteiger partial charge in [0.05, 0.1) is 0 Å². The Kier molecular flexibility index (Phi) is 3.65. The number of aliphatic hydroxyl groups is 1. The molecule has 19 heavy (non-hydrogen) atoms. The van der Waals surface area contributed by atoms with E-state index in [1.807, 2.05) is 24.8 Å². The van der Waals surface area contributed by atoms with Crippen molar-refractivity contribution in [2.45, 2.75) is 25.2 Å². The molecular formula is C15H15FOS2. The molecule has 0 aliphatic carbocycles. The Morgan fingerprint density at radius 1 is 1.26 bits per heavy atom. The minimum atomic E-state index is -0.713. The lowest BCUT2D eigenvalue weighted by Crippen LogP contribution is -1.98. The molecule has 1 nitrogen and oxygen atoms in total. The van der Waals surface area contributed by atoms with Crippen LogP contribution in [-0.2, 0) is 12.2 Å². The third kappa shape index (κ3) is 2.71. The van der Waals surface area contributed by atoms with Gasteiger partial charge in [0.25, 0.3) is 0 Å². The third-order valence-electron chi connectivity index (χ3n) is 3.30. The minimum Gasteiger partial charge on any atom is -0.383 e. The van der Waals surface area contributed by atoms with Crippen LogP contribution in [-0.4, -0.2) is 10.9 Å². The summed E-state index contributed by atoms with van der Waals surface area (Å²) in [6.07, 6.45) is 0.370. The van der Waals surface area contributed by atoms with E-state index in [4.69, 9.17) is 0 Å². The molecule has 4 heteroatoms. The van der Waals surface area contributed by atoms with E-state index in [0.717, 1.165) is 28.4 Å². The molecule has 1 N–H and O–H groups in total. The standard InChI is InChI=1S/C15H15FOS2/c1-9-4-10(6-12(16)5-9)15(17)14-7-11-8-18-3-2-13(11)19-14/h4-7,15,17H,2-3,8H2,1H3. The number of hydrogen-bond acceptors (Lipinski definition) is 3. The van der Waals surface area contributed by atoms with Gasteiger partial charge in [-0.15, -0.1) is 11.3 Å². The van der Waals surface area contributed by atoms with Crippen LogP contribution in [0, 0.1) is 12.7 Å². The maximum absolute atomic E-state index is 13.4. The summed E-state index contributed by atoms with van der Waals surface area (Å²) < 4.78 is 13.4. The van der Waals surface area contributed by atoms with Crippen LogP contribution in [0.2, 0.25) is 0 Å². The number of benzene rings is 1. The molecule has 1 aromatic carbocycles. The van der Waals surface area contributed by atoms with Gasteiger partial charge in [-0.2, -0.15) is 11.8 Å². The molecule has 1 aliphatic rings. The van der Waals surface area contributed by atoms with E-state index in [9.17, 15) is 9.50 Å². The zero-order chi connectivity index (χ0) is 13.4. The Bertz CT molecular complexity index is 562. The molecule has 0 saturated carbocycles. The van der Waals surface area contributed by atoms with Gasteiger partial charge in [0.2, 0.25) is 0 Å². The van der Waals surface area contributed by atoms with E-state index in [-0.39, 0.29) is 5.82 Å². The molecule has 0 saturated heterocycles. The molecule has 0 radical (unpaired) electrons. The Morgan fingerprint density at radius 2 is 2.11 bits per heavy atom. The van der Waals surface area contributed by atoms with Gasteiger partial charge in [0, 0.05) is 15.5 Å². The number of thioether (sulfide) groups is 1. The van der Waals surface area contributed by atoms with Crippen molar-refractivity contribution in [2.75, 3.05) is 5.75 Å². The zero-order valence-corrected chi connectivity index (χ0v) is 12.3. The number of halogens is 1. The van der Waals surface area contributed by atoms with E-state index in [2.05, 4.69) is 6.07 Å². The number of thiophene rings is 1. The van der Waals surface area contributed by atoms with E-state index in [1.165, 1.54) is 22.6 Å². The summed E-state index contributed by atoms with van der Waals surface area (Å²) in [5.74, 6) is 1.90. The van der Waals surface area contributed by atoms with Gasteiger partial charge in [-0.3, -0.25) is 0 Å². The molecule has 1 aliphatic heterocycles. The van der Waals surface area contributed by atoms with Crippen LogP contribution in [0.25, 0.3) is 0 Å². The number of fused-ring (bicyclic) bond motifs is 1. The van der Waals surface area contributed by atoms with Crippen molar-refractivity contribution in [1.29, 1.82) is 0 Å². The molecule has 0 amide bonds. The Hall–Kier alpha value is -0.840. The number of hydrogen-bond donors (Lipinski definition) is 1. The molecule has 100 valence electrons. The zero-order valence-electron chi connectivity index (χ0n) is 10.6. The highest BCUT2D eigenvalue weighted by Crippen LogP contribution is 2.36. The van der Waals surface area contributed by atoms with Crippen LogP contribution in [0.4, 0.5) is 4.39 Å². The lowest BCUT2D eigenvalue weighted by molar-refractivity contribution is 0.223. The first-order valence-electron chi connectivity index (χ1n) is 6.28. The predicted octanol–water partition coefficient (Wildman–Crippen LogP) is 4.07. The van der Waals surface area contributed by atoms with Crippen LogP contribution < -0.4 is 0 Å². The second-order valence-corrected chi connectivity index (χ2v) is 7.14. The molecule has 0 bridgehead atoms. The molecule has 0 spiro atoms. The van der Waals surface area contributed by atoms with Gasteiger partial charge in [-0.05, 0) is 54.0 Å². The van der Waals surface area contributed by atoms with Crippen LogP contribution in [0.3, 0.4) is 0 Å². The number of aliphatic hydroxyl groups excluding tert-OH is 1. The topological polar surface area (TPSA) is 20.2 Å². The fraction of sp³-hybridized carbons (Fsp3) is 0.333. The maximum Gasteiger partial charge on any atom is 0.123 e. The van der Waals surface area contributed by atoms with E-state index in [0.29, 0.717) is 5.56 Å². The van der Waals surface area contributed by atoms with Crippen molar-refractivity contribution in [3.8, 4) is 0 Å². The summed E-state index contributed by atoms with van der Waals surface area (Å²) in [6.45, 7) is 1.84. The predicted molar refractivity (Wildman–Crippen MR) is 79.4 cm³/mol. The average molecular weight is 294 g/mol. The highest BCUT2D eigenvalue weighted by atomic mass is 32.2. The monoisotopic (exact) mass is 294 g/mol. The van der Waals surface area contributed by atoms with Gasteiger partial charge in [-0.25, -0.2) is 4.39 Å². The molecule has 3 rings (SSSR count). The molecule has 1 atom stereocenters. The van der Waals surface area contributed by atoms with Gasteiger partial charge >= 0.3 is 0 Å². The molecule has 0 fully saturated rings. The molecule has 1 unspecified atom stereocenters. The van der Waals surface area contributed by atoms with Gasteiger partial charge in [0.15, 0.2) is 0 Å². The normalized spacial score (nSPS) is 16.2. The van der Waals surface area contributed by atoms with Gasteiger partial charge in [-0.1, -0.05) is 6.07 Å². The van der Waals surface area contributed by atoms with Crippen molar-refractivity contribution >= 4 is 23.1 Å². The third-order valence-corrected chi connectivity index (χ3v) is 5.59. The van der Waals surface area contributed by atoms with Crippen LogP contribution in [0.15, 0.2) is 24.3 Å². The summed E-state index contributed by atoms with van der Waals surface area (Å²) in [4.78, 5) is 2.30. The number of rotatable bonds is 2. The van der Waals surface area contributed by atoms with Crippen molar-refractivity contribution in [3.05, 3.63) is 56.5 Å². The summed E-state index contributed by atoms with van der Waals surface area (Å²) in [6, 6.07) is 6.83. The van der Waals surface area contributed by atoms with Gasteiger partial charge in [0.1, 0.15) is 11.9 Å². The largest absolute Gasteiger partial charge is 0.383 e. The van der Waals surface area contributed by atoms with E-state index >= 15 is 0 Å². The summed E-state index contributed by atoms with van der Waals surface area (Å²) in [5, 5.41) is 10.4. The smallest absolute Gasteiger partial charge is 0.123 e. The summed E-state index contributed by atoms with van der Waals surface area (Å²) >= 11 is 3.59. The molecular weight excluding hydrogens is 279 g/mol. The second kappa shape index (κ2) is 5.27. The lowest BCUT2D eigenvalue weighted by Gasteiger charge is -2.10. The minimum absolute atomic E-state index is 0.286. The Balaban J connectivity index is 1.94. The van der Waals surface area contributed by atoms with E-state index < -0.39 is 6.10 Å². The van der Waals surface area contributed by atoms with Crippen molar-refractivity contribution < 1.29 is 9.50 Å². The molecule has 1 aromatic heterocycles.